The molecule has 0 atom stereocenters. The van der Waals surface area contributed by atoms with Gasteiger partial charge in [0.25, 0.3) is 0 Å². The van der Waals surface area contributed by atoms with Gasteiger partial charge in [-0.1, -0.05) is 12.2 Å². The first-order valence-electron chi connectivity index (χ1n) is 5.81. The Bertz CT molecular complexity index is 735. The summed E-state index contributed by atoms with van der Waals surface area (Å²) < 4.78 is 41.5. The van der Waals surface area contributed by atoms with Crippen molar-refractivity contribution in [2.75, 3.05) is 5.32 Å². The molecule has 2 aromatic rings. The summed E-state index contributed by atoms with van der Waals surface area (Å²) in [4.78, 5) is 0.0277. The van der Waals surface area contributed by atoms with Gasteiger partial charge in [0.2, 0.25) is 0 Å². The maximum atomic E-state index is 14.2. The van der Waals surface area contributed by atoms with Crippen LogP contribution in [0.2, 0.25) is 0 Å². The number of nitrogens with one attached hydrogen (secondary N) is 1. The number of anilines is 2. The summed E-state index contributed by atoms with van der Waals surface area (Å²) in [6.07, 6.45) is 0. The Morgan fingerprint density at radius 1 is 1.14 bits per heavy atom. The van der Waals surface area contributed by atoms with Crippen LogP contribution in [0.15, 0.2) is 28.7 Å². The van der Waals surface area contributed by atoms with E-state index in [1.54, 1.807) is 0 Å². The van der Waals surface area contributed by atoms with Gasteiger partial charge in [0.05, 0.1) is 15.8 Å². The minimum Gasteiger partial charge on any atom is -0.389 e. The lowest BCUT2D eigenvalue weighted by Gasteiger charge is -2.12. The molecule has 0 amide bonds. The van der Waals surface area contributed by atoms with Gasteiger partial charge in [0.1, 0.15) is 16.6 Å². The van der Waals surface area contributed by atoms with Crippen LogP contribution >= 0.6 is 28.1 Å². The zero-order valence-corrected chi connectivity index (χ0v) is 13.2. The topological polar surface area (TPSA) is 38.0 Å². The van der Waals surface area contributed by atoms with Crippen LogP contribution < -0.4 is 11.1 Å². The molecule has 0 unspecified atom stereocenters. The van der Waals surface area contributed by atoms with Gasteiger partial charge in [-0.25, -0.2) is 13.2 Å². The molecule has 2 rings (SSSR count). The predicted molar refractivity (Wildman–Crippen MR) is 84.4 cm³/mol. The van der Waals surface area contributed by atoms with Gasteiger partial charge >= 0.3 is 0 Å². The molecule has 0 spiro atoms. The number of benzene rings is 2. The third kappa shape index (κ3) is 3.19. The number of halogens is 4. The highest BCUT2D eigenvalue weighted by molar-refractivity contribution is 9.10. The van der Waals surface area contributed by atoms with E-state index in [1.807, 2.05) is 0 Å². The number of hydrogen-bond acceptors (Lipinski definition) is 2. The van der Waals surface area contributed by atoms with E-state index >= 15 is 0 Å². The van der Waals surface area contributed by atoms with Crippen LogP contribution in [0.3, 0.4) is 0 Å². The highest BCUT2D eigenvalue weighted by atomic mass is 79.9. The lowest BCUT2D eigenvalue weighted by atomic mass is 10.1. The van der Waals surface area contributed by atoms with Crippen molar-refractivity contribution in [3.05, 3.63) is 57.3 Å². The van der Waals surface area contributed by atoms with Crippen LogP contribution in [0.1, 0.15) is 11.1 Å². The normalized spacial score (nSPS) is 10.5. The molecule has 0 saturated carbocycles. The molecule has 0 bridgehead atoms. The minimum atomic E-state index is -0.694. The molecule has 110 valence electrons. The molecule has 3 N–H and O–H groups in total. The van der Waals surface area contributed by atoms with Gasteiger partial charge in [-0.15, -0.1) is 0 Å². The Morgan fingerprint density at radius 3 is 2.43 bits per heavy atom. The lowest BCUT2D eigenvalue weighted by Crippen LogP contribution is -2.11. The summed E-state index contributed by atoms with van der Waals surface area (Å²) in [6, 6.07) is 4.85. The Labute approximate surface area is 133 Å². The first-order chi connectivity index (χ1) is 9.81. The Morgan fingerprint density at radius 2 is 1.81 bits per heavy atom. The van der Waals surface area contributed by atoms with Gasteiger partial charge in [-0.05, 0) is 46.6 Å². The summed E-state index contributed by atoms with van der Waals surface area (Å²) in [5, 5.41) is 2.51. The van der Waals surface area contributed by atoms with E-state index in [2.05, 4.69) is 21.2 Å². The van der Waals surface area contributed by atoms with Gasteiger partial charge in [0.15, 0.2) is 5.82 Å². The van der Waals surface area contributed by atoms with Crippen LogP contribution in [0.25, 0.3) is 0 Å². The van der Waals surface area contributed by atoms with E-state index < -0.39 is 17.5 Å². The molecule has 0 radical (unpaired) electrons. The molecule has 0 fully saturated rings. The molecule has 0 aliphatic carbocycles. The van der Waals surface area contributed by atoms with Crippen molar-refractivity contribution < 1.29 is 13.2 Å². The molecule has 0 aliphatic heterocycles. The number of hydrogen-bond donors (Lipinski definition) is 2. The largest absolute Gasteiger partial charge is 0.389 e. The van der Waals surface area contributed by atoms with Crippen LogP contribution in [-0.2, 0) is 0 Å². The van der Waals surface area contributed by atoms with Crippen molar-refractivity contribution in [1.29, 1.82) is 0 Å². The minimum absolute atomic E-state index is 0.0240. The average Bonchev–Trinajstić information content (AvgIpc) is 2.40. The van der Waals surface area contributed by atoms with Crippen molar-refractivity contribution in [2.45, 2.75) is 6.92 Å². The SMILES string of the molecule is Cc1cc(F)c(Nc2ccc(C(N)=S)c(Br)c2F)cc1F. The molecular formula is C14H10BrF3N2S. The number of aryl methyl sites for hydroxylation is 1. The number of thiocarbonyl (C=S) groups is 1. The zero-order chi connectivity index (χ0) is 15.7. The van der Waals surface area contributed by atoms with E-state index in [4.69, 9.17) is 18.0 Å². The summed E-state index contributed by atoms with van der Waals surface area (Å²) in [5.41, 5.74) is 5.76. The molecule has 0 heterocycles. The molecule has 21 heavy (non-hydrogen) atoms. The second-order valence-electron chi connectivity index (χ2n) is 4.36. The fourth-order valence-electron chi connectivity index (χ4n) is 1.72. The van der Waals surface area contributed by atoms with E-state index in [0.717, 1.165) is 12.1 Å². The quantitative estimate of drug-likeness (QED) is 0.773. The molecule has 0 saturated heterocycles. The highest BCUT2D eigenvalue weighted by Crippen LogP contribution is 2.30. The van der Waals surface area contributed by atoms with E-state index in [0.29, 0.717) is 5.56 Å². The third-order valence-corrected chi connectivity index (χ3v) is 3.86. The third-order valence-electron chi connectivity index (χ3n) is 2.87. The van der Waals surface area contributed by atoms with Crippen LogP contribution in [0.5, 0.6) is 0 Å². The van der Waals surface area contributed by atoms with Crippen LogP contribution in [0, 0.1) is 24.4 Å². The number of rotatable bonds is 3. The maximum Gasteiger partial charge on any atom is 0.161 e. The predicted octanol–water partition coefficient (Wildman–Crippen LogP) is 4.55. The second kappa shape index (κ2) is 6.03. The van der Waals surface area contributed by atoms with Crippen molar-refractivity contribution in [2.24, 2.45) is 5.73 Å². The first-order valence-corrected chi connectivity index (χ1v) is 7.02. The fourth-order valence-corrected chi connectivity index (χ4v) is 2.58. The summed E-state index contributed by atoms with van der Waals surface area (Å²) in [6.45, 7) is 1.44. The molecular weight excluding hydrogens is 365 g/mol. The zero-order valence-electron chi connectivity index (χ0n) is 10.8. The summed E-state index contributed by atoms with van der Waals surface area (Å²) in [5.74, 6) is -1.96. The van der Waals surface area contributed by atoms with Crippen LogP contribution in [0.4, 0.5) is 24.5 Å². The monoisotopic (exact) mass is 374 g/mol. The van der Waals surface area contributed by atoms with E-state index in [1.165, 1.54) is 19.1 Å². The smallest absolute Gasteiger partial charge is 0.161 e. The van der Waals surface area contributed by atoms with Gasteiger partial charge in [-0.2, -0.15) is 0 Å². The first kappa shape index (κ1) is 15.8. The summed E-state index contributed by atoms with van der Waals surface area (Å²) in [7, 11) is 0. The van der Waals surface area contributed by atoms with Gasteiger partial charge in [-0.3, -0.25) is 0 Å². The molecule has 0 aromatic heterocycles. The van der Waals surface area contributed by atoms with E-state index in [-0.39, 0.29) is 26.4 Å². The van der Waals surface area contributed by atoms with E-state index in [9.17, 15) is 13.2 Å². The van der Waals surface area contributed by atoms with Gasteiger partial charge in [0, 0.05) is 11.6 Å². The Kier molecular flexibility index (Phi) is 4.53. The second-order valence-corrected chi connectivity index (χ2v) is 5.59. The van der Waals surface area contributed by atoms with Crippen molar-refractivity contribution in [1.82, 2.24) is 0 Å². The molecule has 0 aliphatic rings. The van der Waals surface area contributed by atoms with Crippen LogP contribution in [-0.4, -0.2) is 4.99 Å². The van der Waals surface area contributed by atoms with Gasteiger partial charge < -0.3 is 11.1 Å². The standard InChI is InChI=1S/C14H10BrF3N2S/c1-6-4-9(17)11(5-8(6)16)20-10-3-2-7(14(19)21)12(15)13(10)18/h2-5,20H,1H3,(H2,19,21). The maximum absolute atomic E-state index is 14.2. The van der Waals surface area contributed by atoms with Crippen molar-refractivity contribution in [3.8, 4) is 0 Å². The highest BCUT2D eigenvalue weighted by Gasteiger charge is 2.15. The molecule has 7 heteroatoms. The lowest BCUT2D eigenvalue weighted by molar-refractivity contribution is 0.594. The fraction of sp³-hybridized carbons (Fsp3) is 0.0714. The summed E-state index contributed by atoms with van der Waals surface area (Å²) >= 11 is 7.82. The van der Waals surface area contributed by atoms with Crippen molar-refractivity contribution >= 4 is 44.5 Å². The molecule has 2 nitrogen and oxygen atoms in total. The Hall–Kier alpha value is -1.60. The number of nitrogens with two attached hydrogens (primary N) is 1. The Balaban J connectivity index is 2.43. The molecule has 2 aromatic carbocycles. The average molecular weight is 375 g/mol. The van der Waals surface area contributed by atoms with Crippen molar-refractivity contribution in [3.63, 3.8) is 0 Å².